The predicted octanol–water partition coefficient (Wildman–Crippen LogP) is 4.17. The van der Waals surface area contributed by atoms with Crippen molar-refractivity contribution in [1.29, 1.82) is 0 Å². The lowest BCUT2D eigenvalue weighted by Crippen LogP contribution is -2.45. The van der Waals surface area contributed by atoms with Crippen molar-refractivity contribution < 1.29 is 9.90 Å². The highest BCUT2D eigenvalue weighted by atomic mass is 16.4. The molecule has 0 bridgehead atoms. The number of carboxylic acid groups (broad SMARTS) is 1. The zero-order valence-corrected chi connectivity index (χ0v) is 14.2. The van der Waals surface area contributed by atoms with Gasteiger partial charge in [0.05, 0.1) is 5.41 Å². The average Bonchev–Trinajstić information content (AvgIpc) is 2.65. The smallest absolute Gasteiger partial charge is 0.310 e. The fourth-order valence-electron chi connectivity index (χ4n) is 4.28. The summed E-state index contributed by atoms with van der Waals surface area (Å²) in [7, 11) is 0. The van der Waals surface area contributed by atoms with Crippen LogP contribution in [0.4, 0.5) is 0 Å². The molecule has 0 aromatic rings. The molecule has 3 heteroatoms. The van der Waals surface area contributed by atoms with Gasteiger partial charge in [-0.25, -0.2) is 0 Å². The summed E-state index contributed by atoms with van der Waals surface area (Å²) in [5, 5.41) is 9.74. The van der Waals surface area contributed by atoms with Crippen LogP contribution in [0.3, 0.4) is 0 Å². The molecule has 1 atom stereocenters. The molecule has 1 N–H and O–H groups in total. The van der Waals surface area contributed by atoms with Crippen molar-refractivity contribution in [2.45, 2.75) is 72.1 Å². The minimum atomic E-state index is -0.557. The van der Waals surface area contributed by atoms with E-state index in [4.69, 9.17) is 0 Å². The van der Waals surface area contributed by atoms with Crippen molar-refractivity contribution in [3.63, 3.8) is 0 Å². The standard InChI is InChI=1S/C18H33NO2/c1-17(2,3)15-8-7-12-19(13-9-15)14-18(16(20)21)10-5-4-6-11-18/h15H,4-14H2,1-3H3,(H,20,21). The highest BCUT2D eigenvalue weighted by molar-refractivity contribution is 5.75. The Labute approximate surface area is 130 Å². The van der Waals surface area contributed by atoms with Crippen molar-refractivity contribution >= 4 is 5.97 Å². The average molecular weight is 295 g/mol. The summed E-state index contributed by atoms with van der Waals surface area (Å²) < 4.78 is 0. The summed E-state index contributed by atoms with van der Waals surface area (Å²) in [4.78, 5) is 14.3. The molecule has 2 rings (SSSR count). The monoisotopic (exact) mass is 295 g/mol. The van der Waals surface area contributed by atoms with Crippen LogP contribution >= 0.6 is 0 Å². The van der Waals surface area contributed by atoms with E-state index in [0.717, 1.165) is 51.2 Å². The molecule has 1 aliphatic carbocycles. The first-order valence-electron chi connectivity index (χ1n) is 8.79. The maximum Gasteiger partial charge on any atom is 0.310 e. The maximum atomic E-state index is 11.8. The van der Waals surface area contributed by atoms with Gasteiger partial charge in [-0.05, 0) is 56.5 Å². The Morgan fingerprint density at radius 2 is 1.76 bits per heavy atom. The first kappa shape index (κ1) is 16.8. The number of aliphatic carboxylic acids is 1. The largest absolute Gasteiger partial charge is 0.481 e. The number of hydrogen-bond acceptors (Lipinski definition) is 2. The molecular formula is C18H33NO2. The van der Waals surface area contributed by atoms with Gasteiger partial charge in [0.25, 0.3) is 0 Å². The Balaban J connectivity index is 1.97. The molecule has 2 aliphatic rings. The number of nitrogens with zero attached hydrogens (tertiary/aromatic N) is 1. The van der Waals surface area contributed by atoms with Crippen LogP contribution in [0.5, 0.6) is 0 Å². The summed E-state index contributed by atoms with van der Waals surface area (Å²) in [6.45, 7) is 9.96. The van der Waals surface area contributed by atoms with Crippen LogP contribution in [0, 0.1) is 16.7 Å². The molecular weight excluding hydrogens is 262 g/mol. The molecule has 3 nitrogen and oxygen atoms in total. The molecule has 0 amide bonds. The normalized spacial score (nSPS) is 28.0. The fourth-order valence-corrected chi connectivity index (χ4v) is 4.28. The van der Waals surface area contributed by atoms with E-state index in [1.807, 2.05) is 0 Å². The Bertz CT molecular complexity index is 353. The Morgan fingerprint density at radius 3 is 2.33 bits per heavy atom. The Kier molecular flexibility index (Phi) is 5.34. The van der Waals surface area contributed by atoms with Crippen LogP contribution in [-0.4, -0.2) is 35.6 Å². The fraction of sp³-hybridized carbons (Fsp3) is 0.944. The first-order chi connectivity index (χ1) is 9.83. The van der Waals surface area contributed by atoms with Gasteiger partial charge in [0, 0.05) is 6.54 Å². The first-order valence-corrected chi connectivity index (χ1v) is 8.79. The minimum absolute atomic E-state index is 0.380. The molecule has 0 aromatic carbocycles. The van der Waals surface area contributed by atoms with Crippen molar-refractivity contribution in [3.8, 4) is 0 Å². The van der Waals surface area contributed by atoms with E-state index in [2.05, 4.69) is 25.7 Å². The third-order valence-electron chi connectivity index (χ3n) is 5.84. The summed E-state index contributed by atoms with van der Waals surface area (Å²) in [6, 6.07) is 0. The van der Waals surface area contributed by atoms with Crippen LogP contribution in [0.25, 0.3) is 0 Å². The quantitative estimate of drug-likeness (QED) is 0.849. The molecule has 0 spiro atoms. The van der Waals surface area contributed by atoms with E-state index < -0.39 is 11.4 Å². The third-order valence-corrected chi connectivity index (χ3v) is 5.84. The second-order valence-electron chi connectivity index (χ2n) is 8.42. The van der Waals surface area contributed by atoms with Gasteiger partial charge in [-0.15, -0.1) is 0 Å². The van der Waals surface area contributed by atoms with Crippen molar-refractivity contribution in [1.82, 2.24) is 4.90 Å². The van der Waals surface area contributed by atoms with E-state index in [-0.39, 0.29) is 0 Å². The summed E-state index contributed by atoms with van der Waals surface area (Å²) in [5.41, 5.74) is -0.0782. The number of hydrogen-bond donors (Lipinski definition) is 1. The minimum Gasteiger partial charge on any atom is -0.481 e. The van der Waals surface area contributed by atoms with E-state index in [0.29, 0.717) is 5.41 Å². The molecule has 0 aromatic heterocycles. The molecule has 1 aliphatic heterocycles. The van der Waals surface area contributed by atoms with Gasteiger partial charge in [-0.3, -0.25) is 4.79 Å². The second-order valence-corrected chi connectivity index (χ2v) is 8.42. The molecule has 122 valence electrons. The van der Waals surface area contributed by atoms with E-state index in [1.165, 1.54) is 25.7 Å². The predicted molar refractivity (Wildman–Crippen MR) is 86.4 cm³/mol. The van der Waals surface area contributed by atoms with Gasteiger partial charge in [0.2, 0.25) is 0 Å². The van der Waals surface area contributed by atoms with Crippen molar-refractivity contribution in [2.24, 2.45) is 16.7 Å². The summed E-state index contributed by atoms with van der Waals surface area (Å²) in [5.74, 6) is 0.216. The van der Waals surface area contributed by atoms with Crippen LogP contribution in [-0.2, 0) is 4.79 Å². The molecule has 1 heterocycles. The number of likely N-dealkylation sites (tertiary alicyclic amines) is 1. The van der Waals surface area contributed by atoms with Gasteiger partial charge in [-0.2, -0.15) is 0 Å². The summed E-state index contributed by atoms with van der Waals surface area (Å²) in [6.07, 6.45) is 8.87. The van der Waals surface area contributed by atoms with Crippen LogP contribution < -0.4 is 0 Å². The van der Waals surface area contributed by atoms with E-state index >= 15 is 0 Å². The van der Waals surface area contributed by atoms with Gasteiger partial charge < -0.3 is 10.0 Å². The number of rotatable bonds is 3. The zero-order chi connectivity index (χ0) is 15.5. The van der Waals surface area contributed by atoms with Gasteiger partial charge in [0.15, 0.2) is 0 Å². The van der Waals surface area contributed by atoms with Crippen LogP contribution in [0.15, 0.2) is 0 Å². The van der Waals surface area contributed by atoms with Gasteiger partial charge >= 0.3 is 5.97 Å². The lowest BCUT2D eigenvalue weighted by Gasteiger charge is -2.37. The van der Waals surface area contributed by atoms with Crippen LogP contribution in [0.1, 0.15) is 72.1 Å². The molecule has 1 unspecified atom stereocenters. The lowest BCUT2D eigenvalue weighted by molar-refractivity contribution is -0.152. The third kappa shape index (κ3) is 4.21. The number of carboxylic acids is 1. The molecule has 1 saturated heterocycles. The maximum absolute atomic E-state index is 11.8. The molecule has 1 saturated carbocycles. The number of carbonyl (C=O) groups is 1. The highest BCUT2D eigenvalue weighted by Gasteiger charge is 2.41. The molecule has 0 radical (unpaired) electrons. The Hall–Kier alpha value is -0.570. The van der Waals surface area contributed by atoms with Gasteiger partial charge in [-0.1, -0.05) is 40.0 Å². The van der Waals surface area contributed by atoms with E-state index in [1.54, 1.807) is 0 Å². The molecule has 2 fully saturated rings. The summed E-state index contributed by atoms with van der Waals surface area (Å²) >= 11 is 0. The van der Waals surface area contributed by atoms with Crippen molar-refractivity contribution in [2.75, 3.05) is 19.6 Å². The topological polar surface area (TPSA) is 40.5 Å². The zero-order valence-electron chi connectivity index (χ0n) is 14.2. The Morgan fingerprint density at radius 1 is 1.10 bits per heavy atom. The second kappa shape index (κ2) is 6.68. The molecule has 21 heavy (non-hydrogen) atoms. The van der Waals surface area contributed by atoms with Crippen molar-refractivity contribution in [3.05, 3.63) is 0 Å². The van der Waals surface area contributed by atoms with Gasteiger partial charge in [0.1, 0.15) is 0 Å². The lowest BCUT2D eigenvalue weighted by atomic mass is 9.73. The van der Waals surface area contributed by atoms with E-state index in [9.17, 15) is 9.90 Å². The van der Waals surface area contributed by atoms with Crippen LogP contribution in [0.2, 0.25) is 0 Å². The highest BCUT2D eigenvalue weighted by Crippen LogP contribution is 2.39. The SMILES string of the molecule is CC(C)(C)C1CCCN(CC2(C(=O)O)CCCCC2)CC1.